The Bertz CT molecular complexity index is 3620. The van der Waals surface area contributed by atoms with E-state index in [9.17, 15) is 50.1 Å². The number of hydrogen-bond acceptors (Lipinski definition) is 19. The molecule has 17 N–H and O–H groups in total. The molecule has 0 radical (unpaired) electrons. The van der Waals surface area contributed by atoms with E-state index in [-0.39, 0.29) is 52.7 Å². The Hall–Kier alpha value is -9.91. The van der Waals surface area contributed by atoms with E-state index in [0.717, 1.165) is 67.2 Å². The van der Waals surface area contributed by atoms with Gasteiger partial charge in [-0.15, -0.1) is 0 Å². The Labute approximate surface area is 576 Å². The van der Waals surface area contributed by atoms with Gasteiger partial charge in [-0.3, -0.25) is 14.4 Å². The molecule has 22 heteroatoms. The number of carbonyl (C=O) groups excluding carboxylic acids is 3. The molecule has 22 nitrogen and oxygen atoms in total. The van der Waals surface area contributed by atoms with Crippen LogP contribution in [0.25, 0.3) is 0 Å². The topological polar surface area (TPSA) is 354 Å². The first-order valence-corrected chi connectivity index (χ1v) is 32.1. The molecule has 0 aliphatic carbocycles. The van der Waals surface area contributed by atoms with E-state index in [4.69, 9.17) is 30.4 Å². The normalized spacial score (nSPS) is 12.7. The third kappa shape index (κ3) is 30.0. The number of aromatic hydroxyl groups is 4. The number of aliphatic hydroxyl groups excluding tert-OH is 3. The van der Waals surface area contributed by atoms with E-state index in [1.54, 1.807) is 77.8 Å². The van der Waals surface area contributed by atoms with Gasteiger partial charge in [0.2, 0.25) is 18.7 Å². The number of ether oxygens (including phenoxy) is 4. The van der Waals surface area contributed by atoms with Gasteiger partial charge in [-0.2, -0.15) is 0 Å². The van der Waals surface area contributed by atoms with Gasteiger partial charge in [-0.25, -0.2) is 0 Å². The van der Waals surface area contributed by atoms with Crippen LogP contribution in [0.15, 0.2) is 170 Å². The van der Waals surface area contributed by atoms with Crippen molar-refractivity contribution >= 4 is 41.5 Å². The third-order valence-electron chi connectivity index (χ3n) is 15.2. The van der Waals surface area contributed by atoms with Crippen LogP contribution >= 0.6 is 0 Å². The summed E-state index contributed by atoms with van der Waals surface area (Å²) in [5.41, 5.74) is 20.5. The maximum Gasteiger partial charge on any atom is 0.221 e. The Morgan fingerprint density at radius 3 is 1.15 bits per heavy atom. The van der Waals surface area contributed by atoms with Crippen molar-refractivity contribution in [3.8, 4) is 46.0 Å². The lowest BCUT2D eigenvalue weighted by molar-refractivity contribution is -0.114. The maximum atomic E-state index is 11.2. The molecule has 0 fully saturated rings. The molecule has 0 spiro atoms. The Kier molecular flexibility index (Phi) is 35.6. The van der Waals surface area contributed by atoms with Crippen LogP contribution in [0.4, 0.5) is 22.7 Å². The fraction of sp³-hybridized carbons (Fsp3) is 0.329. The zero-order valence-corrected chi connectivity index (χ0v) is 57.7. The monoisotopic (exact) mass is 1350 g/mol. The fourth-order valence-corrected chi connectivity index (χ4v) is 9.76. The van der Waals surface area contributed by atoms with Crippen LogP contribution in [-0.4, -0.2) is 127 Å². The Balaban J connectivity index is 0.000000268. The van der Waals surface area contributed by atoms with Gasteiger partial charge in [0.25, 0.3) is 0 Å². The minimum absolute atomic E-state index is 0.0171. The van der Waals surface area contributed by atoms with E-state index in [1.165, 1.54) is 53.4 Å². The average Bonchev–Trinajstić information content (AvgIpc) is 0.894. The Morgan fingerprint density at radius 1 is 0.439 bits per heavy atom. The lowest BCUT2D eigenvalue weighted by Gasteiger charge is -2.18. The van der Waals surface area contributed by atoms with E-state index in [0.29, 0.717) is 65.7 Å². The number of benzene rings is 8. The summed E-state index contributed by atoms with van der Waals surface area (Å²) in [7, 11) is 6.62. The smallest absolute Gasteiger partial charge is 0.221 e. The summed E-state index contributed by atoms with van der Waals surface area (Å²) in [6.07, 6.45) is 3.36. The lowest BCUT2D eigenvalue weighted by atomic mass is 10.1. The average molecular weight is 1350 g/mol. The highest BCUT2D eigenvalue weighted by Gasteiger charge is 2.15. The predicted octanol–water partition coefficient (Wildman–Crippen LogP) is 10.2. The second kappa shape index (κ2) is 43.3. The molecule has 0 saturated carbocycles. The highest BCUT2D eigenvalue weighted by molar-refractivity contribution is 5.90. The van der Waals surface area contributed by atoms with Crippen molar-refractivity contribution in [2.45, 2.75) is 116 Å². The van der Waals surface area contributed by atoms with Crippen molar-refractivity contribution in [1.82, 2.24) is 16.0 Å². The molecule has 0 aliphatic rings. The molecule has 8 aromatic rings. The fourth-order valence-electron chi connectivity index (χ4n) is 9.76. The predicted molar refractivity (Wildman–Crippen MR) is 388 cm³/mol. The first-order valence-electron chi connectivity index (χ1n) is 32.1. The highest BCUT2D eigenvalue weighted by atomic mass is 16.5. The number of aliphatic hydroxyl groups is 3. The van der Waals surface area contributed by atoms with E-state index < -0.39 is 18.3 Å². The summed E-state index contributed by atoms with van der Waals surface area (Å²) < 4.78 is 20.5. The van der Waals surface area contributed by atoms with Gasteiger partial charge in [0.05, 0.1) is 69.5 Å². The molecule has 98 heavy (non-hydrogen) atoms. The minimum atomic E-state index is -0.749. The van der Waals surface area contributed by atoms with Crippen molar-refractivity contribution in [2.75, 3.05) is 69.8 Å². The van der Waals surface area contributed by atoms with Crippen molar-refractivity contribution in [1.29, 1.82) is 0 Å². The number of methoxy groups -OCH3 is 4. The van der Waals surface area contributed by atoms with Gasteiger partial charge in [-0.05, 0) is 215 Å². The SMILES string of the molecule is COc1ccc(C[C@@H](C)N)cc1.COc1ccc(C[C@@H](C)NCCc2ccc(O)c(NC=O)c2)cc1.COc1ccc(C[C@@H](C)NC[C@H](O)c2ccc(O)c(N)c2)cc1.COc1ccc(C[C@@H](C)NC[C@H](O)c2ccc(O)c(NC(C)=O)c2)cc1.C[C@H](O)c1ccc(O)c(NC=O)c1. The summed E-state index contributed by atoms with van der Waals surface area (Å²) in [6, 6.07) is 52.1. The number of rotatable bonds is 30. The van der Waals surface area contributed by atoms with E-state index in [2.05, 4.69) is 64.8 Å². The minimum Gasteiger partial charge on any atom is -0.506 e. The lowest BCUT2D eigenvalue weighted by Crippen LogP contribution is -2.32. The summed E-state index contributed by atoms with van der Waals surface area (Å²) in [6.45, 7) is 12.9. The molecule has 528 valence electrons. The van der Waals surface area contributed by atoms with Crippen molar-refractivity contribution in [3.05, 3.63) is 214 Å². The molecular formula is C76H100N8O14. The molecule has 0 heterocycles. The van der Waals surface area contributed by atoms with Crippen molar-refractivity contribution in [3.63, 3.8) is 0 Å². The summed E-state index contributed by atoms with van der Waals surface area (Å²) in [5, 5.41) is 85.3. The Morgan fingerprint density at radius 2 is 0.776 bits per heavy atom. The number of carbonyl (C=O) groups is 3. The number of phenols is 4. The number of phenolic OH excluding ortho intramolecular Hbond substituents is 4. The van der Waals surface area contributed by atoms with E-state index in [1.807, 2.05) is 97.9 Å². The molecular weight excluding hydrogens is 1250 g/mol. The van der Waals surface area contributed by atoms with Gasteiger partial charge in [-0.1, -0.05) is 72.8 Å². The van der Waals surface area contributed by atoms with Crippen LogP contribution in [0.5, 0.6) is 46.0 Å². The van der Waals surface area contributed by atoms with Crippen molar-refractivity contribution in [2.24, 2.45) is 5.73 Å². The van der Waals surface area contributed by atoms with Crippen LogP contribution in [0, 0.1) is 0 Å². The van der Waals surface area contributed by atoms with E-state index >= 15 is 0 Å². The summed E-state index contributed by atoms with van der Waals surface area (Å²) in [4.78, 5) is 31.8. The van der Waals surface area contributed by atoms with Crippen molar-refractivity contribution < 1.29 is 69.1 Å². The molecule has 0 unspecified atom stereocenters. The van der Waals surface area contributed by atoms with Gasteiger partial charge >= 0.3 is 0 Å². The molecule has 8 rings (SSSR count). The quantitative estimate of drug-likeness (QED) is 0.0113. The van der Waals surface area contributed by atoms with Gasteiger partial charge < -0.3 is 98.1 Å². The second-order valence-corrected chi connectivity index (χ2v) is 23.5. The molecule has 3 amide bonds. The largest absolute Gasteiger partial charge is 0.506 e. The first-order chi connectivity index (χ1) is 46.9. The highest BCUT2D eigenvalue weighted by Crippen LogP contribution is 2.30. The van der Waals surface area contributed by atoms with Crippen LogP contribution in [0.3, 0.4) is 0 Å². The second-order valence-electron chi connectivity index (χ2n) is 23.5. The van der Waals surface area contributed by atoms with Gasteiger partial charge in [0.15, 0.2) is 0 Å². The number of nitrogens with one attached hydrogen (secondary N) is 6. The summed E-state index contributed by atoms with van der Waals surface area (Å²) in [5.74, 6) is 3.21. The molecule has 0 aliphatic heterocycles. The van der Waals surface area contributed by atoms with Gasteiger partial charge in [0.1, 0.15) is 46.0 Å². The van der Waals surface area contributed by atoms with Crippen LogP contribution in [0.1, 0.15) is 104 Å². The molecule has 0 saturated heterocycles. The molecule has 0 bridgehead atoms. The van der Waals surface area contributed by atoms with Crippen LogP contribution < -0.4 is 62.3 Å². The van der Waals surface area contributed by atoms with Crippen LogP contribution in [-0.2, 0) is 46.5 Å². The number of anilines is 4. The summed E-state index contributed by atoms with van der Waals surface area (Å²) >= 11 is 0. The number of nitrogen functional groups attached to an aromatic ring is 1. The third-order valence-corrected chi connectivity index (χ3v) is 15.2. The number of amides is 3. The standard InChI is InChI=1S/C20H26N2O4.C19H24N2O3.C18H24N2O3.C10H15NO.C9H11NO3/c1-13(10-15-4-7-17(26-3)8-5-15)21-12-20(25)16-6-9-19(24)18(11-16)22-14(2)23;1-14(11-15-3-6-17(24-2)7-4-15)20-10-9-16-5-8-19(23)18(12-16)21-13-22;1-12(9-13-3-6-15(23-2)7-4-13)20-11-18(22)14-5-8-17(21)16(19)10-14;1-8(11)7-9-3-5-10(12-2)6-4-9;1-6(12)7-2-3-9(13)8(4-7)10-5-11/h4-9,11,13,20-21,24-25H,10,12H2,1-3H3,(H,22,23);3-8,12-14,20,23H,9-11H2,1-2H3,(H,21,22);3-8,10,12,18,20-22H,9,11,19H2,1-2H3;3-6,8H,7,11H2,1-2H3;2-6,12-13H,1H3,(H,10,11)/t13-,20+;14-;12-,18+;8-;6-/m11110/s1. The number of hydrogen-bond donors (Lipinski definition) is 15. The van der Waals surface area contributed by atoms with Gasteiger partial charge in [0, 0.05) is 44.2 Å². The zero-order valence-electron chi connectivity index (χ0n) is 57.7. The zero-order chi connectivity index (χ0) is 72.1. The molecule has 7 atom stereocenters. The van der Waals surface area contributed by atoms with Crippen LogP contribution in [0.2, 0.25) is 0 Å². The number of nitrogens with two attached hydrogens (primary N) is 2. The maximum absolute atomic E-state index is 11.2. The molecule has 0 aromatic heterocycles. The molecule has 8 aromatic carbocycles. The first kappa shape index (κ1) is 80.5.